The minimum absolute atomic E-state index is 0.785. The standard InChI is InChI=1S/C18H36N2/c1-15(2)14-20(17-9-5-6-10-17)13-12-19-18-11-7-4-8-16(18)3/h15-19H,4-14H2,1-3H3. The van der Waals surface area contributed by atoms with Crippen LogP contribution in [-0.4, -0.2) is 36.6 Å². The van der Waals surface area contributed by atoms with Gasteiger partial charge in [0.15, 0.2) is 0 Å². The topological polar surface area (TPSA) is 15.3 Å². The lowest BCUT2D eigenvalue weighted by atomic mass is 9.86. The molecule has 2 atom stereocenters. The Morgan fingerprint density at radius 2 is 1.65 bits per heavy atom. The Labute approximate surface area is 126 Å². The molecule has 0 bridgehead atoms. The first kappa shape index (κ1) is 16.3. The Morgan fingerprint density at radius 3 is 2.30 bits per heavy atom. The Bertz CT molecular complexity index is 258. The van der Waals surface area contributed by atoms with Gasteiger partial charge >= 0.3 is 0 Å². The minimum Gasteiger partial charge on any atom is -0.312 e. The molecule has 2 nitrogen and oxygen atoms in total. The van der Waals surface area contributed by atoms with Crippen molar-refractivity contribution < 1.29 is 0 Å². The highest BCUT2D eigenvalue weighted by atomic mass is 15.2. The predicted molar refractivity (Wildman–Crippen MR) is 88.1 cm³/mol. The maximum atomic E-state index is 3.86. The van der Waals surface area contributed by atoms with E-state index in [2.05, 4.69) is 31.0 Å². The van der Waals surface area contributed by atoms with E-state index in [1.165, 1.54) is 71.0 Å². The molecule has 0 spiro atoms. The van der Waals surface area contributed by atoms with Gasteiger partial charge in [0, 0.05) is 31.7 Å². The van der Waals surface area contributed by atoms with Gasteiger partial charge < -0.3 is 5.32 Å². The monoisotopic (exact) mass is 280 g/mol. The van der Waals surface area contributed by atoms with Gasteiger partial charge in [0.1, 0.15) is 0 Å². The first-order chi connectivity index (χ1) is 9.66. The summed E-state index contributed by atoms with van der Waals surface area (Å²) in [5, 5.41) is 3.86. The van der Waals surface area contributed by atoms with Crippen molar-refractivity contribution in [3.05, 3.63) is 0 Å². The van der Waals surface area contributed by atoms with Crippen molar-refractivity contribution >= 4 is 0 Å². The normalized spacial score (nSPS) is 28.6. The van der Waals surface area contributed by atoms with Gasteiger partial charge in [0.2, 0.25) is 0 Å². The Hall–Kier alpha value is -0.0800. The van der Waals surface area contributed by atoms with Crippen LogP contribution in [-0.2, 0) is 0 Å². The van der Waals surface area contributed by atoms with Crippen LogP contribution in [0.3, 0.4) is 0 Å². The van der Waals surface area contributed by atoms with E-state index in [1.807, 2.05) is 0 Å². The van der Waals surface area contributed by atoms with Gasteiger partial charge in [-0.05, 0) is 37.5 Å². The van der Waals surface area contributed by atoms with Gasteiger partial charge in [-0.1, -0.05) is 46.5 Å². The van der Waals surface area contributed by atoms with Crippen LogP contribution in [0, 0.1) is 11.8 Å². The Morgan fingerprint density at radius 1 is 1.00 bits per heavy atom. The second kappa shape index (κ2) is 8.38. The number of nitrogens with one attached hydrogen (secondary N) is 1. The lowest BCUT2D eigenvalue weighted by Crippen LogP contribution is -2.44. The van der Waals surface area contributed by atoms with Gasteiger partial charge in [0.05, 0.1) is 0 Å². The van der Waals surface area contributed by atoms with E-state index in [0.29, 0.717) is 0 Å². The molecule has 2 unspecified atom stereocenters. The molecular formula is C18H36N2. The second-order valence-corrected chi connectivity index (χ2v) is 7.65. The third-order valence-electron chi connectivity index (χ3n) is 5.36. The molecule has 0 heterocycles. The summed E-state index contributed by atoms with van der Waals surface area (Å²) in [5.74, 6) is 1.68. The van der Waals surface area contributed by atoms with Crippen LogP contribution in [0.1, 0.15) is 72.1 Å². The molecule has 0 aromatic heterocycles. The lowest BCUT2D eigenvalue weighted by molar-refractivity contribution is 0.170. The average molecular weight is 280 g/mol. The van der Waals surface area contributed by atoms with E-state index in [-0.39, 0.29) is 0 Å². The van der Waals surface area contributed by atoms with Crippen LogP contribution in [0.15, 0.2) is 0 Å². The quantitative estimate of drug-likeness (QED) is 0.756. The molecule has 118 valence electrons. The largest absolute Gasteiger partial charge is 0.312 e. The molecule has 0 radical (unpaired) electrons. The molecule has 1 N–H and O–H groups in total. The van der Waals surface area contributed by atoms with Crippen LogP contribution in [0.5, 0.6) is 0 Å². The summed E-state index contributed by atoms with van der Waals surface area (Å²) >= 11 is 0. The minimum atomic E-state index is 0.785. The molecule has 0 amide bonds. The van der Waals surface area contributed by atoms with E-state index >= 15 is 0 Å². The molecule has 0 aromatic carbocycles. The third kappa shape index (κ3) is 5.04. The summed E-state index contributed by atoms with van der Waals surface area (Å²) in [7, 11) is 0. The van der Waals surface area contributed by atoms with Crippen molar-refractivity contribution in [2.75, 3.05) is 19.6 Å². The maximum Gasteiger partial charge on any atom is 0.0110 e. The number of nitrogens with zero attached hydrogens (tertiary/aromatic N) is 1. The van der Waals surface area contributed by atoms with Crippen LogP contribution in [0.25, 0.3) is 0 Å². The first-order valence-electron chi connectivity index (χ1n) is 9.14. The molecular weight excluding hydrogens is 244 g/mol. The van der Waals surface area contributed by atoms with E-state index in [1.54, 1.807) is 0 Å². The van der Waals surface area contributed by atoms with E-state index in [4.69, 9.17) is 0 Å². The zero-order valence-electron chi connectivity index (χ0n) is 14.0. The molecule has 2 fully saturated rings. The highest BCUT2D eigenvalue weighted by molar-refractivity contribution is 4.81. The molecule has 0 aliphatic heterocycles. The summed E-state index contributed by atoms with van der Waals surface area (Å²) in [6.45, 7) is 10.9. The summed E-state index contributed by atoms with van der Waals surface area (Å²) in [6.07, 6.45) is 11.5. The molecule has 2 aliphatic carbocycles. The summed E-state index contributed by atoms with van der Waals surface area (Å²) < 4.78 is 0. The van der Waals surface area contributed by atoms with E-state index < -0.39 is 0 Å². The van der Waals surface area contributed by atoms with Gasteiger partial charge in [-0.2, -0.15) is 0 Å². The molecule has 0 saturated heterocycles. The van der Waals surface area contributed by atoms with Crippen molar-refractivity contribution in [2.24, 2.45) is 11.8 Å². The number of rotatable bonds is 7. The molecule has 0 aromatic rings. The maximum absolute atomic E-state index is 3.86. The van der Waals surface area contributed by atoms with Crippen molar-refractivity contribution in [2.45, 2.75) is 84.2 Å². The molecule has 2 heteroatoms. The Balaban J connectivity index is 1.73. The Kier molecular flexibility index (Phi) is 6.83. The highest BCUT2D eigenvalue weighted by Crippen LogP contribution is 2.25. The van der Waals surface area contributed by atoms with Crippen molar-refractivity contribution in [1.29, 1.82) is 0 Å². The predicted octanol–water partition coefficient (Wildman–Crippen LogP) is 4.06. The van der Waals surface area contributed by atoms with Gasteiger partial charge in [0.25, 0.3) is 0 Å². The third-order valence-corrected chi connectivity index (χ3v) is 5.36. The zero-order chi connectivity index (χ0) is 14.4. The molecule has 2 rings (SSSR count). The van der Waals surface area contributed by atoms with Crippen molar-refractivity contribution in [1.82, 2.24) is 10.2 Å². The summed E-state index contributed by atoms with van der Waals surface area (Å²) in [4.78, 5) is 2.78. The lowest BCUT2D eigenvalue weighted by Gasteiger charge is -2.33. The number of hydrogen-bond acceptors (Lipinski definition) is 2. The first-order valence-corrected chi connectivity index (χ1v) is 9.14. The smallest absolute Gasteiger partial charge is 0.0110 e. The molecule has 2 saturated carbocycles. The van der Waals surface area contributed by atoms with Crippen LogP contribution < -0.4 is 5.32 Å². The second-order valence-electron chi connectivity index (χ2n) is 7.65. The van der Waals surface area contributed by atoms with Crippen LogP contribution in [0.4, 0.5) is 0 Å². The molecule has 20 heavy (non-hydrogen) atoms. The highest BCUT2D eigenvalue weighted by Gasteiger charge is 2.24. The van der Waals surface area contributed by atoms with Gasteiger partial charge in [-0.3, -0.25) is 4.90 Å². The summed E-state index contributed by atoms with van der Waals surface area (Å²) in [6, 6.07) is 1.66. The van der Waals surface area contributed by atoms with E-state index in [9.17, 15) is 0 Å². The fourth-order valence-corrected chi connectivity index (χ4v) is 4.17. The summed E-state index contributed by atoms with van der Waals surface area (Å²) in [5.41, 5.74) is 0. The van der Waals surface area contributed by atoms with Crippen LogP contribution in [0.2, 0.25) is 0 Å². The average Bonchev–Trinajstić information content (AvgIpc) is 2.93. The molecule has 2 aliphatic rings. The number of hydrogen-bond donors (Lipinski definition) is 1. The van der Waals surface area contributed by atoms with Crippen molar-refractivity contribution in [3.63, 3.8) is 0 Å². The SMILES string of the molecule is CC(C)CN(CCNC1CCCCC1C)C1CCCC1. The zero-order valence-corrected chi connectivity index (χ0v) is 14.0. The van der Waals surface area contributed by atoms with Crippen molar-refractivity contribution in [3.8, 4) is 0 Å². The van der Waals surface area contributed by atoms with Gasteiger partial charge in [-0.15, -0.1) is 0 Å². The fraction of sp³-hybridized carbons (Fsp3) is 1.00. The van der Waals surface area contributed by atoms with Crippen LogP contribution >= 0.6 is 0 Å². The fourth-order valence-electron chi connectivity index (χ4n) is 4.17. The van der Waals surface area contributed by atoms with Gasteiger partial charge in [-0.25, -0.2) is 0 Å². The van der Waals surface area contributed by atoms with E-state index in [0.717, 1.165) is 23.9 Å².